The van der Waals surface area contributed by atoms with E-state index in [1.807, 2.05) is 12.1 Å². The Morgan fingerprint density at radius 2 is 1.95 bits per heavy atom. The third-order valence-electron chi connectivity index (χ3n) is 4.18. The summed E-state index contributed by atoms with van der Waals surface area (Å²) in [5.41, 5.74) is 0.775. The minimum Gasteiger partial charge on any atom is -0.494 e. The summed E-state index contributed by atoms with van der Waals surface area (Å²) in [6.07, 6.45) is 2.09. The standard InChI is InChI=1S/C17H27FN2O/c1-13(2)7-8-15(20-11-9-19-10-12-20)14-5-4-6-16(21-3)17(14)18/h4-6,13,15,19H,7-12H2,1-3H3/t15-/m0/s1. The molecule has 3 nitrogen and oxygen atoms in total. The zero-order valence-electron chi connectivity index (χ0n) is 13.4. The number of hydrogen-bond acceptors (Lipinski definition) is 3. The van der Waals surface area contributed by atoms with Crippen LogP contribution in [0.15, 0.2) is 18.2 Å². The summed E-state index contributed by atoms with van der Waals surface area (Å²) >= 11 is 0. The van der Waals surface area contributed by atoms with E-state index in [4.69, 9.17) is 4.74 Å². The highest BCUT2D eigenvalue weighted by Crippen LogP contribution is 2.32. The molecule has 0 aromatic heterocycles. The molecule has 0 amide bonds. The van der Waals surface area contributed by atoms with Crippen molar-refractivity contribution in [1.82, 2.24) is 10.2 Å². The van der Waals surface area contributed by atoms with E-state index in [-0.39, 0.29) is 11.9 Å². The van der Waals surface area contributed by atoms with Crippen LogP contribution >= 0.6 is 0 Å². The van der Waals surface area contributed by atoms with Gasteiger partial charge in [0.2, 0.25) is 0 Å². The van der Waals surface area contributed by atoms with Gasteiger partial charge in [-0.05, 0) is 24.8 Å². The Labute approximate surface area is 127 Å². The van der Waals surface area contributed by atoms with Crippen LogP contribution in [-0.4, -0.2) is 38.2 Å². The van der Waals surface area contributed by atoms with Gasteiger partial charge in [-0.15, -0.1) is 0 Å². The molecule has 0 bridgehead atoms. The van der Waals surface area contributed by atoms with Gasteiger partial charge in [0.1, 0.15) is 0 Å². The van der Waals surface area contributed by atoms with Gasteiger partial charge < -0.3 is 10.1 Å². The first-order valence-corrected chi connectivity index (χ1v) is 7.90. The van der Waals surface area contributed by atoms with Crippen LogP contribution in [0.25, 0.3) is 0 Å². The first-order valence-electron chi connectivity index (χ1n) is 7.90. The van der Waals surface area contributed by atoms with E-state index in [1.165, 1.54) is 7.11 Å². The fourth-order valence-corrected chi connectivity index (χ4v) is 2.96. The smallest absolute Gasteiger partial charge is 0.169 e. The number of nitrogens with one attached hydrogen (secondary N) is 1. The van der Waals surface area contributed by atoms with Gasteiger partial charge in [0.25, 0.3) is 0 Å². The molecule has 0 aliphatic carbocycles. The monoisotopic (exact) mass is 294 g/mol. The van der Waals surface area contributed by atoms with Gasteiger partial charge in [-0.2, -0.15) is 0 Å². The second-order valence-corrected chi connectivity index (χ2v) is 6.14. The second-order valence-electron chi connectivity index (χ2n) is 6.14. The number of hydrogen-bond donors (Lipinski definition) is 1. The van der Waals surface area contributed by atoms with Crippen molar-refractivity contribution in [2.45, 2.75) is 32.7 Å². The molecule has 1 heterocycles. The molecule has 1 aliphatic rings. The van der Waals surface area contributed by atoms with Gasteiger partial charge >= 0.3 is 0 Å². The molecule has 0 radical (unpaired) electrons. The molecule has 118 valence electrons. The number of methoxy groups -OCH3 is 1. The van der Waals surface area contributed by atoms with Crippen LogP contribution in [0.4, 0.5) is 4.39 Å². The quantitative estimate of drug-likeness (QED) is 0.872. The Kier molecular flexibility index (Phi) is 6.00. The molecular weight excluding hydrogens is 267 g/mol. The predicted molar refractivity (Wildman–Crippen MR) is 84.2 cm³/mol. The highest BCUT2D eigenvalue weighted by Gasteiger charge is 2.25. The van der Waals surface area contributed by atoms with Crippen molar-refractivity contribution in [3.8, 4) is 5.75 Å². The maximum Gasteiger partial charge on any atom is 0.169 e. The fraction of sp³-hybridized carbons (Fsp3) is 0.647. The molecule has 21 heavy (non-hydrogen) atoms. The molecule has 0 saturated carbocycles. The molecule has 1 N–H and O–H groups in total. The van der Waals surface area contributed by atoms with Crippen molar-refractivity contribution >= 4 is 0 Å². The highest BCUT2D eigenvalue weighted by atomic mass is 19.1. The van der Waals surface area contributed by atoms with E-state index < -0.39 is 0 Å². The summed E-state index contributed by atoms with van der Waals surface area (Å²) in [6.45, 7) is 8.33. The summed E-state index contributed by atoms with van der Waals surface area (Å²) in [7, 11) is 1.52. The van der Waals surface area contributed by atoms with Crippen molar-refractivity contribution in [3.63, 3.8) is 0 Å². The molecule has 1 aromatic carbocycles. The Morgan fingerprint density at radius 3 is 2.57 bits per heavy atom. The zero-order chi connectivity index (χ0) is 15.2. The topological polar surface area (TPSA) is 24.5 Å². The van der Waals surface area contributed by atoms with E-state index >= 15 is 0 Å². The Hall–Kier alpha value is -1.13. The SMILES string of the molecule is COc1cccc([C@H](CCC(C)C)N2CCNCC2)c1F. The van der Waals surface area contributed by atoms with Crippen molar-refractivity contribution in [3.05, 3.63) is 29.6 Å². The van der Waals surface area contributed by atoms with Crippen molar-refractivity contribution in [2.24, 2.45) is 5.92 Å². The molecule has 0 spiro atoms. The number of nitrogens with zero attached hydrogens (tertiary/aromatic N) is 1. The van der Waals surface area contributed by atoms with Crippen LogP contribution in [0.5, 0.6) is 5.75 Å². The van der Waals surface area contributed by atoms with E-state index in [0.29, 0.717) is 11.7 Å². The van der Waals surface area contributed by atoms with Crippen molar-refractivity contribution in [2.75, 3.05) is 33.3 Å². The lowest BCUT2D eigenvalue weighted by molar-refractivity contribution is 0.156. The maximum absolute atomic E-state index is 14.6. The van der Waals surface area contributed by atoms with Gasteiger partial charge in [0.15, 0.2) is 11.6 Å². The predicted octanol–water partition coefficient (Wildman–Crippen LogP) is 3.22. The van der Waals surface area contributed by atoms with Crippen molar-refractivity contribution < 1.29 is 9.13 Å². The molecular formula is C17H27FN2O. The number of benzene rings is 1. The van der Waals surface area contributed by atoms with Crippen LogP contribution < -0.4 is 10.1 Å². The number of rotatable bonds is 6. The third-order valence-corrected chi connectivity index (χ3v) is 4.18. The molecule has 1 saturated heterocycles. The Morgan fingerprint density at radius 1 is 1.24 bits per heavy atom. The van der Waals surface area contributed by atoms with Gasteiger partial charge in [-0.3, -0.25) is 4.90 Å². The summed E-state index contributed by atoms with van der Waals surface area (Å²) in [6, 6.07) is 5.63. The van der Waals surface area contributed by atoms with Gasteiger partial charge in [0, 0.05) is 37.8 Å². The third kappa shape index (κ3) is 4.17. The number of ether oxygens (including phenoxy) is 1. The molecule has 2 rings (SSSR count). The van der Waals surface area contributed by atoms with Crippen molar-refractivity contribution in [1.29, 1.82) is 0 Å². The van der Waals surface area contributed by atoms with Crippen LogP contribution in [0, 0.1) is 11.7 Å². The lowest BCUT2D eigenvalue weighted by Crippen LogP contribution is -2.45. The molecule has 1 aliphatic heterocycles. The minimum absolute atomic E-state index is 0.143. The van der Waals surface area contributed by atoms with E-state index in [1.54, 1.807) is 6.07 Å². The summed E-state index contributed by atoms with van der Waals surface area (Å²) in [4.78, 5) is 2.40. The molecule has 1 aromatic rings. The first kappa shape index (κ1) is 16.2. The van der Waals surface area contributed by atoms with Crippen LogP contribution in [0.2, 0.25) is 0 Å². The lowest BCUT2D eigenvalue weighted by Gasteiger charge is -2.36. The number of halogens is 1. The second kappa shape index (κ2) is 7.76. The summed E-state index contributed by atoms with van der Waals surface area (Å²) in [5, 5.41) is 3.36. The van der Waals surface area contributed by atoms with E-state index in [2.05, 4.69) is 24.1 Å². The molecule has 1 atom stereocenters. The average molecular weight is 294 g/mol. The normalized spacial score (nSPS) is 18.0. The molecule has 0 unspecified atom stereocenters. The van der Waals surface area contributed by atoms with Gasteiger partial charge in [-0.1, -0.05) is 26.0 Å². The zero-order valence-corrected chi connectivity index (χ0v) is 13.4. The maximum atomic E-state index is 14.6. The molecule has 4 heteroatoms. The first-order chi connectivity index (χ1) is 10.1. The fourth-order valence-electron chi connectivity index (χ4n) is 2.96. The van der Waals surface area contributed by atoms with E-state index in [9.17, 15) is 4.39 Å². The number of piperazine rings is 1. The average Bonchev–Trinajstić information content (AvgIpc) is 2.50. The van der Waals surface area contributed by atoms with Gasteiger partial charge in [0.05, 0.1) is 7.11 Å². The van der Waals surface area contributed by atoms with Gasteiger partial charge in [-0.25, -0.2) is 4.39 Å². The largest absolute Gasteiger partial charge is 0.494 e. The summed E-state index contributed by atoms with van der Waals surface area (Å²) < 4.78 is 19.8. The Bertz CT molecular complexity index is 444. The Balaban J connectivity index is 2.24. The summed E-state index contributed by atoms with van der Waals surface area (Å²) in [5.74, 6) is 0.772. The van der Waals surface area contributed by atoms with E-state index in [0.717, 1.165) is 44.6 Å². The highest BCUT2D eigenvalue weighted by molar-refractivity contribution is 5.33. The lowest BCUT2D eigenvalue weighted by atomic mass is 9.95. The van der Waals surface area contributed by atoms with Crippen LogP contribution in [0.1, 0.15) is 38.3 Å². The minimum atomic E-state index is -0.202. The van der Waals surface area contributed by atoms with Crippen LogP contribution in [0.3, 0.4) is 0 Å². The molecule has 1 fully saturated rings. The van der Waals surface area contributed by atoms with Crippen LogP contribution in [-0.2, 0) is 0 Å².